The molecule has 0 saturated heterocycles. The van der Waals surface area contributed by atoms with Gasteiger partial charge in [0.2, 0.25) is 0 Å². The summed E-state index contributed by atoms with van der Waals surface area (Å²) in [5.74, 6) is 8.13. The molecule has 0 unspecified atom stereocenters. The van der Waals surface area contributed by atoms with Crippen molar-refractivity contribution in [3.63, 3.8) is 0 Å². The lowest BCUT2D eigenvalue weighted by Gasteiger charge is -2.10. The van der Waals surface area contributed by atoms with Gasteiger partial charge in [-0.15, -0.1) is 11.8 Å². The van der Waals surface area contributed by atoms with Crippen LogP contribution in [0.4, 0.5) is 5.82 Å². The number of anilines is 1. The Morgan fingerprint density at radius 1 is 1.31 bits per heavy atom. The second kappa shape index (κ2) is 6.70. The molecule has 0 aliphatic carbocycles. The topological polar surface area (TPSA) is 63.8 Å². The smallest absolute Gasteiger partial charge is 0.147 e. The second-order valence-electron chi connectivity index (χ2n) is 3.62. The molecular weight excluding hydrogens is 220 g/mol. The Morgan fingerprint density at radius 2 is 2.06 bits per heavy atom. The molecule has 0 aliphatic rings. The maximum atomic E-state index is 5.45. The van der Waals surface area contributed by atoms with E-state index >= 15 is 0 Å². The summed E-state index contributed by atoms with van der Waals surface area (Å²) in [7, 11) is 0. The van der Waals surface area contributed by atoms with Crippen LogP contribution in [0, 0.1) is 6.92 Å². The van der Waals surface area contributed by atoms with Crippen LogP contribution < -0.4 is 11.3 Å². The minimum absolute atomic E-state index is 0.742. The summed E-state index contributed by atoms with van der Waals surface area (Å²) >= 11 is 1.78. The molecule has 0 bridgehead atoms. The number of hydrogen-bond donors (Lipinski definition) is 2. The van der Waals surface area contributed by atoms with Gasteiger partial charge in [-0.2, -0.15) is 0 Å². The van der Waals surface area contributed by atoms with Gasteiger partial charge in [0.1, 0.15) is 16.7 Å². The number of nitrogens with zero attached hydrogens (tertiary/aromatic N) is 2. The molecular formula is C11H20N4S. The summed E-state index contributed by atoms with van der Waals surface area (Å²) < 4.78 is 0. The van der Waals surface area contributed by atoms with E-state index in [1.54, 1.807) is 11.8 Å². The highest BCUT2D eigenvalue weighted by molar-refractivity contribution is 7.99. The van der Waals surface area contributed by atoms with Gasteiger partial charge in [-0.1, -0.05) is 20.3 Å². The van der Waals surface area contributed by atoms with Gasteiger partial charge in [-0.3, -0.25) is 0 Å². The van der Waals surface area contributed by atoms with Gasteiger partial charge in [0.05, 0.1) is 0 Å². The van der Waals surface area contributed by atoms with Crippen LogP contribution in [0.2, 0.25) is 0 Å². The van der Waals surface area contributed by atoms with Gasteiger partial charge in [0.25, 0.3) is 0 Å². The first kappa shape index (κ1) is 13.3. The van der Waals surface area contributed by atoms with Crippen LogP contribution in [0.5, 0.6) is 0 Å². The molecule has 1 rings (SSSR count). The van der Waals surface area contributed by atoms with Crippen LogP contribution in [0.25, 0.3) is 0 Å². The van der Waals surface area contributed by atoms with Crippen molar-refractivity contribution >= 4 is 17.6 Å². The zero-order valence-electron chi connectivity index (χ0n) is 10.2. The Bertz CT molecular complexity index is 341. The average Bonchev–Trinajstić information content (AvgIpc) is 2.31. The Kier molecular flexibility index (Phi) is 5.55. The lowest BCUT2D eigenvalue weighted by Crippen LogP contribution is -2.13. The predicted octanol–water partition coefficient (Wildman–Crippen LogP) is 2.53. The zero-order valence-corrected chi connectivity index (χ0v) is 11.0. The van der Waals surface area contributed by atoms with E-state index in [4.69, 9.17) is 5.84 Å². The molecule has 0 amide bonds. The zero-order chi connectivity index (χ0) is 12.0. The lowest BCUT2D eigenvalue weighted by atomic mass is 10.3. The number of unbranched alkanes of at least 4 members (excludes halogenated alkanes) is 1. The molecule has 1 heterocycles. The van der Waals surface area contributed by atoms with Crippen molar-refractivity contribution < 1.29 is 0 Å². The van der Waals surface area contributed by atoms with Gasteiger partial charge < -0.3 is 5.43 Å². The third-order valence-corrected chi connectivity index (χ3v) is 3.50. The van der Waals surface area contributed by atoms with E-state index in [1.165, 1.54) is 12.8 Å². The van der Waals surface area contributed by atoms with Crippen molar-refractivity contribution in [1.82, 2.24) is 9.97 Å². The molecule has 1 aromatic rings. The third-order valence-electron chi connectivity index (χ3n) is 2.34. The molecule has 16 heavy (non-hydrogen) atoms. The number of nitrogens with one attached hydrogen (secondary N) is 1. The standard InChI is InChI=1S/C11H20N4S/c1-4-6-7-16-11-8(3)10(15-12)13-9(5-2)14-11/h4-7,12H2,1-3H3,(H,13,14,15). The molecule has 0 saturated carbocycles. The molecule has 0 fully saturated rings. The van der Waals surface area contributed by atoms with Crippen molar-refractivity contribution in [2.24, 2.45) is 5.84 Å². The summed E-state index contributed by atoms with van der Waals surface area (Å²) in [6.45, 7) is 6.24. The molecule has 0 aliphatic heterocycles. The van der Waals surface area contributed by atoms with E-state index in [0.29, 0.717) is 0 Å². The van der Waals surface area contributed by atoms with Crippen LogP contribution in [0.1, 0.15) is 38.1 Å². The highest BCUT2D eigenvalue weighted by Gasteiger charge is 2.09. The highest BCUT2D eigenvalue weighted by atomic mass is 32.2. The molecule has 0 atom stereocenters. The van der Waals surface area contributed by atoms with Gasteiger partial charge in [-0.25, -0.2) is 15.8 Å². The fourth-order valence-corrected chi connectivity index (χ4v) is 2.40. The van der Waals surface area contributed by atoms with E-state index in [-0.39, 0.29) is 0 Å². The Morgan fingerprint density at radius 3 is 2.62 bits per heavy atom. The third kappa shape index (κ3) is 3.35. The number of aromatic nitrogens is 2. The highest BCUT2D eigenvalue weighted by Crippen LogP contribution is 2.25. The molecule has 4 nitrogen and oxygen atoms in total. The molecule has 0 aromatic carbocycles. The van der Waals surface area contributed by atoms with Crippen molar-refractivity contribution in [1.29, 1.82) is 0 Å². The van der Waals surface area contributed by atoms with Gasteiger partial charge >= 0.3 is 0 Å². The first-order valence-electron chi connectivity index (χ1n) is 5.69. The summed E-state index contributed by atoms with van der Waals surface area (Å²) in [5, 5.41) is 1.05. The molecule has 0 radical (unpaired) electrons. The lowest BCUT2D eigenvalue weighted by molar-refractivity contribution is 0.863. The molecule has 1 aromatic heterocycles. The Hall–Kier alpha value is -0.810. The van der Waals surface area contributed by atoms with Crippen molar-refractivity contribution in [3.05, 3.63) is 11.4 Å². The molecule has 0 spiro atoms. The number of thioether (sulfide) groups is 1. The maximum Gasteiger partial charge on any atom is 0.147 e. The van der Waals surface area contributed by atoms with Crippen LogP contribution in [0.15, 0.2) is 5.03 Å². The van der Waals surface area contributed by atoms with Gasteiger partial charge in [0, 0.05) is 12.0 Å². The van der Waals surface area contributed by atoms with Crippen molar-refractivity contribution in [2.75, 3.05) is 11.2 Å². The maximum absolute atomic E-state index is 5.45. The molecule has 90 valence electrons. The van der Waals surface area contributed by atoms with Crippen LogP contribution >= 0.6 is 11.8 Å². The fourth-order valence-electron chi connectivity index (χ4n) is 1.29. The van der Waals surface area contributed by atoms with Crippen molar-refractivity contribution in [3.8, 4) is 0 Å². The van der Waals surface area contributed by atoms with Crippen molar-refractivity contribution in [2.45, 2.75) is 45.1 Å². The minimum atomic E-state index is 0.742. The average molecular weight is 240 g/mol. The van der Waals surface area contributed by atoms with E-state index in [0.717, 1.165) is 34.4 Å². The molecule has 5 heteroatoms. The van der Waals surface area contributed by atoms with Crippen LogP contribution in [0.3, 0.4) is 0 Å². The van der Waals surface area contributed by atoms with E-state index in [9.17, 15) is 0 Å². The van der Waals surface area contributed by atoms with Gasteiger partial charge in [-0.05, 0) is 19.1 Å². The minimum Gasteiger partial charge on any atom is -0.308 e. The summed E-state index contributed by atoms with van der Waals surface area (Å²) in [6.07, 6.45) is 3.25. The van der Waals surface area contributed by atoms with E-state index in [2.05, 4.69) is 22.3 Å². The van der Waals surface area contributed by atoms with Crippen LogP contribution in [-0.4, -0.2) is 15.7 Å². The number of rotatable bonds is 6. The number of nitrogens with two attached hydrogens (primary N) is 1. The first-order valence-corrected chi connectivity index (χ1v) is 6.68. The monoisotopic (exact) mass is 240 g/mol. The first-order chi connectivity index (χ1) is 7.72. The molecule has 3 N–H and O–H groups in total. The summed E-state index contributed by atoms with van der Waals surface area (Å²) in [6, 6.07) is 0. The quantitative estimate of drug-likeness (QED) is 0.263. The van der Waals surface area contributed by atoms with E-state index < -0.39 is 0 Å². The van der Waals surface area contributed by atoms with Crippen LogP contribution in [-0.2, 0) is 6.42 Å². The largest absolute Gasteiger partial charge is 0.308 e. The Labute approximate surface area is 101 Å². The summed E-state index contributed by atoms with van der Waals surface area (Å²) in [5.41, 5.74) is 3.68. The summed E-state index contributed by atoms with van der Waals surface area (Å²) in [4.78, 5) is 8.87. The number of aryl methyl sites for hydroxylation is 1. The normalized spacial score (nSPS) is 10.5. The predicted molar refractivity (Wildman–Crippen MR) is 69.6 cm³/mol. The second-order valence-corrected chi connectivity index (χ2v) is 4.70. The SMILES string of the molecule is CCCCSc1nc(CC)nc(NN)c1C. The number of nitrogen functional groups attached to an aromatic ring is 1. The Balaban J connectivity index is 2.88. The number of hydrazine groups is 1. The number of hydrogen-bond acceptors (Lipinski definition) is 5. The van der Waals surface area contributed by atoms with E-state index in [1.807, 2.05) is 13.8 Å². The fraction of sp³-hybridized carbons (Fsp3) is 0.636. The van der Waals surface area contributed by atoms with Gasteiger partial charge in [0.15, 0.2) is 0 Å².